The molecule has 0 amide bonds. The lowest BCUT2D eigenvalue weighted by Crippen LogP contribution is -2.23. The lowest BCUT2D eigenvalue weighted by Gasteiger charge is -2.11. The van der Waals surface area contributed by atoms with Crippen LogP contribution < -0.4 is 19.4 Å². The first-order valence-electron chi connectivity index (χ1n) is 7.58. The number of hydrogen-bond donors (Lipinski definition) is 1. The van der Waals surface area contributed by atoms with Crippen molar-refractivity contribution in [3.63, 3.8) is 0 Å². The largest absolute Gasteiger partial charge is 0.491 e. The molecule has 0 radical (unpaired) electrons. The third-order valence-electron chi connectivity index (χ3n) is 3.09. The monoisotopic (exact) mass is 399 g/mol. The van der Waals surface area contributed by atoms with Gasteiger partial charge in [0.2, 0.25) is 0 Å². The Bertz CT molecular complexity index is 933. The van der Waals surface area contributed by atoms with Crippen LogP contribution in [0, 0.1) is 3.95 Å². The number of aromatic nitrogens is 1. The van der Waals surface area contributed by atoms with Gasteiger partial charge in [0.25, 0.3) is 0 Å². The molecule has 0 spiro atoms. The highest BCUT2D eigenvalue weighted by molar-refractivity contribution is 7.73. The third kappa shape index (κ3) is 5.07. The zero-order valence-electron chi connectivity index (χ0n) is 14.1. The van der Waals surface area contributed by atoms with Crippen molar-refractivity contribution in [2.75, 3.05) is 20.3 Å². The van der Waals surface area contributed by atoms with Crippen molar-refractivity contribution in [3.8, 4) is 11.5 Å². The lowest BCUT2D eigenvalue weighted by atomic mass is 10.2. The molecule has 0 bridgehead atoms. The fourth-order valence-corrected chi connectivity index (χ4v) is 3.60. The van der Waals surface area contributed by atoms with Crippen LogP contribution in [0.25, 0.3) is 12.2 Å². The maximum atomic E-state index is 11.7. The summed E-state index contributed by atoms with van der Waals surface area (Å²) in [5, 5.41) is 1.04. The molecule has 1 heterocycles. The quantitative estimate of drug-likeness (QED) is 0.597. The summed E-state index contributed by atoms with van der Waals surface area (Å²) in [4.78, 5) is 14.7. The van der Waals surface area contributed by atoms with Crippen LogP contribution in [0.2, 0.25) is 5.02 Å². The van der Waals surface area contributed by atoms with E-state index in [1.807, 2.05) is 19.1 Å². The van der Waals surface area contributed by atoms with E-state index < -0.39 is 5.97 Å². The van der Waals surface area contributed by atoms with Gasteiger partial charge in [-0.3, -0.25) is 0 Å². The number of carbonyl (C=O) groups is 1. The average molecular weight is 400 g/mol. The van der Waals surface area contributed by atoms with Crippen molar-refractivity contribution >= 4 is 53.3 Å². The zero-order chi connectivity index (χ0) is 18.4. The summed E-state index contributed by atoms with van der Waals surface area (Å²) in [5.41, 5.74) is 0.804. The van der Waals surface area contributed by atoms with Crippen molar-refractivity contribution < 1.29 is 19.0 Å². The SMILES string of the molecule is CCOC(=O)/C=c1\[nH]c(=S)s\c1=C/c1cc(Cl)c(OC)c(OCC)c1. The van der Waals surface area contributed by atoms with Crippen LogP contribution in [0.15, 0.2) is 12.1 Å². The lowest BCUT2D eigenvalue weighted by molar-refractivity contribution is -0.135. The van der Waals surface area contributed by atoms with E-state index >= 15 is 0 Å². The molecule has 0 aliphatic rings. The molecule has 0 saturated heterocycles. The Morgan fingerprint density at radius 2 is 2.12 bits per heavy atom. The molecular weight excluding hydrogens is 382 g/mol. The number of thiazole rings is 1. The van der Waals surface area contributed by atoms with Gasteiger partial charge in [0.1, 0.15) is 0 Å². The zero-order valence-corrected chi connectivity index (χ0v) is 16.4. The minimum Gasteiger partial charge on any atom is -0.491 e. The summed E-state index contributed by atoms with van der Waals surface area (Å²) >= 11 is 12.8. The third-order valence-corrected chi connectivity index (χ3v) is 4.57. The number of halogens is 1. The van der Waals surface area contributed by atoms with Crippen molar-refractivity contribution in [1.29, 1.82) is 0 Å². The van der Waals surface area contributed by atoms with E-state index in [-0.39, 0.29) is 0 Å². The Morgan fingerprint density at radius 3 is 2.76 bits per heavy atom. The van der Waals surface area contributed by atoms with Gasteiger partial charge < -0.3 is 19.2 Å². The minimum absolute atomic E-state index is 0.311. The molecule has 2 rings (SSSR count). The Kier molecular flexibility index (Phi) is 7.04. The van der Waals surface area contributed by atoms with Crippen LogP contribution >= 0.6 is 35.2 Å². The van der Waals surface area contributed by atoms with E-state index in [9.17, 15) is 4.79 Å². The number of aromatic amines is 1. The van der Waals surface area contributed by atoms with E-state index in [0.29, 0.717) is 39.0 Å². The van der Waals surface area contributed by atoms with E-state index in [0.717, 1.165) is 10.1 Å². The minimum atomic E-state index is -0.427. The molecule has 2 aromatic rings. The Balaban J connectivity index is 2.58. The first-order valence-corrected chi connectivity index (χ1v) is 9.18. The smallest absolute Gasteiger partial charge is 0.332 e. The number of carbonyl (C=O) groups excluding carboxylic acids is 1. The first kappa shape index (κ1) is 19.5. The summed E-state index contributed by atoms with van der Waals surface area (Å²) in [6, 6.07) is 3.59. The van der Waals surface area contributed by atoms with Crippen molar-refractivity contribution in [3.05, 3.63) is 36.6 Å². The topological polar surface area (TPSA) is 60.6 Å². The van der Waals surface area contributed by atoms with Crippen LogP contribution in [0.4, 0.5) is 0 Å². The normalized spacial score (nSPS) is 12.3. The van der Waals surface area contributed by atoms with Crippen molar-refractivity contribution in [2.24, 2.45) is 0 Å². The second kappa shape index (κ2) is 9.03. The van der Waals surface area contributed by atoms with Crippen LogP contribution in [-0.4, -0.2) is 31.3 Å². The number of hydrogen-bond acceptors (Lipinski definition) is 6. The molecule has 0 fully saturated rings. The van der Waals surface area contributed by atoms with Crippen LogP contribution in [0.3, 0.4) is 0 Å². The summed E-state index contributed by atoms with van der Waals surface area (Å²) in [7, 11) is 1.54. The number of methoxy groups -OCH3 is 1. The Labute approximate surface area is 159 Å². The molecule has 134 valence electrons. The van der Waals surface area contributed by atoms with E-state index in [1.54, 1.807) is 13.0 Å². The van der Waals surface area contributed by atoms with Gasteiger partial charge in [0.05, 0.1) is 35.2 Å². The maximum absolute atomic E-state index is 11.7. The molecule has 5 nitrogen and oxygen atoms in total. The van der Waals surface area contributed by atoms with E-state index in [2.05, 4.69) is 4.98 Å². The van der Waals surface area contributed by atoms with Gasteiger partial charge in [-0.25, -0.2) is 4.79 Å². The number of benzene rings is 1. The Hall–Kier alpha value is -1.83. The second-order valence-electron chi connectivity index (χ2n) is 4.80. The number of rotatable bonds is 6. The van der Waals surface area contributed by atoms with E-state index in [4.69, 9.17) is 38.0 Å². The predicted octanol–water partition coefficient (Wildman–Crippen LogP) is 3.04. The van der Waals surface area contributed by atoms with Crippen LogP contribution in [0.1, 0.15) is 19.4 Å². The number of H-pyrrole nitrogens is 1. The number of ether oxygens (including phenoxy) is 3. The summed E-state index contributed by atoms with van der Waals surface area (Å²) in [6.07, 6.45) is 3.26. The number of esters is 1. The summed E-state index contributed by atoms with van der Waals surface area (Å²) in [5.74, 6) is 0.614. The van der Waals surface area contributed by atoms with E-state index in [1.165, 1.54) is 24.5 Å². The molecule has 0 aliphatic carbocycles. The Morgan fingerprint density at radius 1 is 1.36 bits per heavy atom. The summed E-state index contributed by atoms with van der Waals surface area (Å²) < 4.78 is 17.2. The predicted molar refractivity (Wildman–Crippen MR) is 103 cm³/mol. The van der Waals surface area contributed by atoms with Gasteiger partial charge in [-0.1, -0.05) is 11.6 Å². The van der Waals surface area contributed by atoms with Gasteiger partial charge in [-0.2, -0.15) is 0 Å². The molecule has 8 heteroatoms. The molecule has 0 atom stereocenters. The highest BCUT2D eigenvalue weighted by atomic mass is 35.5. The van der Waals surface area contributed by atoms with Crippen molar-refractivity contribution in [2.45, 2.75) is 13.8 Å². The fraction of sp³-hybridized carbons (Fsp3) is 0.294. The van der Waals surface area contributed by atoms with Gasteiger partial charge in [0.15, 0.2) is 15.5 Å². The molecule has 1 aromatic carbocycles. The molecule has 0 unspecified atom stereocenters. The van der Waals surface area contributed by atoms with Gasteiger partial charge in [0, 0.05) is 6.08 Å². The standard InChI is InChI=1S/C17H18ClNO4S2/c1-4-22-13-7-10(6-11(18)16(13)21-3)8-14-12(19-17(24)25-14)9-15(20)23-5-2/h6-9H,4-5H2,1-3H3,(H,19,24)/b12-9-,14-8-. The van der Waals surface area contributed by atoms with Gasteiger partial charge in [-0.15, -0.1) is 11.3 Å². The second-order valence-corrected chi connectivity index (χ2v) is 6.93. The molecule has 25 heavy (non-hydrogen) atoms. The first-order chi connectivity index (χ1) is 12.0. The number of nitrogens with one attached hydrogen (secondary N) is 1. The highest BCUT2D eigenvalue weighted by Crippen LogP contribution is 2.36. The van der Waals surface area contributed by atoms with Crippen LogP contribution in [0.5, 0.6) is 11.5 Å². The molecule has 0 aliphatic heterocycles. The summed E-state index contributed by atoms with van der Waals surface area (Å²) in [6.45, 7) is 4.43. The highest BCUT2D eigenvalue weighted by Gasteiger charge is 2.10. The average Bonchev–Trinajstić information content (AvgIpc) is 2.87. The van der Waals surface area contributed by atoms with Crippen molar-refractivity contribution in [1.82, 2.24) is 4.98 Å². The molecule has 1 N–H and O–H groups in total. The fourth-order valence-electron chi connectivity index (χ4n) is 2.15. The van der Waals surface area contributed by atoms with Gasteiger partial charge in [-0.05, 0) is 49.8 Å². The van der Waals surface area contributed by atoms with Gasteiger partial charge >= 0.3 is 5.97 Å². The molecular formula is C17H18ClNO4S2. The van der Waals surface area contributed by atoms with Crippen LogP contribution in [-0.2, 0) is 9.53 Å². The maximum Gasteiger partial charge on any atom is 0.332 e. The molecule has 0 saturated carbocycles. The molecule has 1 aromatic heterocycles.